The largest absolute Gasteiger partial charge is 0.393 e. The molecule has 0 aliphatic carbocycles. The number of halogens is 1. The van der Waals surface area contributed by atoms with Gasteiger partial charge in [-0.05, 0) is 12.8 Å². The van der Waals surface area contributed by atoms with Gasteiger partial charge in [-0.25, -0.2) is 9.97 Å². The number of anilines is 1. The molecule has 0 aromatic carbocycles. The Morgan fingerprint density at radius 3 is 2.94 bits per heavy atom. The molecular weight excluding hydrogens is 258 g/mol. The van der Waals surface area contributed by atoms with Gasteiger partial charge in [0.25, 0.3) is 0 Å². The minimum atomic E-state index is -0.156. The van der Waals surface area contributed by atoms with Crippen LogP contribution in [0.1, 0.15) is 12.8 Å². The number of hydrogen-bond donors (Lipinski definition) is 1. The summed E-state index contributed by atoms with van der Waals surface area (Å²) in [5.74, 6) is 0. The van der Waals surface area contributed by atoms with Crippen molar-refractivity contribution in [2.24, 2.45) is 0 Å². The average Bonchev–Trinajstić information content (AvgIpc) is 2.72. The quantitative estimate of drug-likeness (QED) is 0.807. The molecule has 0 bridgehead atoms. The van der Waals surface area contributed by atoms with E-state index in [9.17, 15) is 5.11 Å². The smallest absolute Gasteiger partial charge is 0.186 e. The van der Waals surface area contributed by atoms with Crippen molar-refractivity contribution in [3.8, 4) is 0 Å². The summed E-state index contributed by atoms with van der Waals surface area (Å²) in [5.41, 5.74) is 0.899. The average molecular weight is 270 g/mol. The first-order chi connectivity index (χ1) is 8.22. The number of hydrogen-bond acceptors (Lipinski definition) is 5. The van der Waals surface area contributed by atoms with Crippen LogP contribution < -0.4 is 4.90 Å². The zero-order chi connectivity index (χ0) is 11.8. The highest BCUT2D eigenvalue weighted by Gasteiger charge is 2.19. The van der Waals surface area contributed by atoms with Crippen LogP contribution in [0.5, 0.6) is 0 Å². The lowest BCUT2D eigenvalue weighted by Gasteiger charge is -2.28. The summed E-state index contributed by atoms with van der Waals surface area (Å²) < 4.78 is 1.05. The molecule has 1 aliphatic rings. The molecule has 90 valence electrons. The number of fused-ring (bicyclic) bond motifs is 1. The Morgan fingerprint density at radius 2 is 2.18 bits per heavy atom. The van der Waals surface area contributed by atoms with E-state index in [-0.39, 0.29) is 6.10 Å². The van der Waals surface area contributed by atoms with E-state index in [1.54, 1.807) is 23.6 Å². The first kappa shape index (κ1) is 11.2. The molecule has 0 unspecified atom stereocenters. The summed E-state index contributed by atoms with van der Waals surface area (Å²) in [5, 5.41) is 11.0. The topological polar surface area (TPSA) is 49.2 Å². The number of aliphatic hydroxyl groups excluding tert-OH is 1. The lowest BCUT2D eigenvalue weighted by molar-refractivity contribution is 0.145. The SMILES string of the molecule is OC1CCN(c2nc3cc(Cl)ncc3s2)CC1. The predicted octanol–water partition coefficient (Wildman–Crippen LogP) is 2.31. The summed E-state index contributed by atoms with van der Waals surface area (Å²) in [4.78, 5) is 10.8. The van der Waals surface area contributed by atoms with Crippen LogP contribution >= 0.6 is 22.9 Å². The molecule has 1 aliphatic heterocycles. The van der Waals surface area contributed by atoms with Crippen LogP contribution in [0.3, 0.4) is 0 Å². The van der Waals surface area contributed by atoms with E-state index in [2.05, 4.69) is 14.9 Å². The van der Waals surface area contributed by atoms with Gasteiger partial charge in [-0.15, -0.1) is 0 Å². The van der Waals surface area contributed by atoms with Crippen molar-refractivity contribution in [2.45, 2.75) is 18.9 Å². The van der Waals surface area contributed by atoms with Gasteiger partial charge < -0.3 is 10.0 Å². The Bertz CT molecular complexity index is 536. The van der Waals surface area contributed by atoms with Crippen molar-refractivity contribution in [1.29, 1.82) is 0 Å². The van der Waals surface area contributed by atoms with Crippen LogP contribution in [-0.2, 0) is 0 Å². The van der Waals surface area contributed by atoms with Crippen LogP contribution in [0.15, 0.2) is 12.3 Å². The normalized spacial score (nSPS) is 17.9. The van der Waals surface area contributed by atoms with Gasteiger partial charge in [0.1, 0.15) is 5.15 Å². The maximum Gasteiger partial charge on any atom is 0.186 e. The summed E-state index contributed by atoms with van der Waals surface area (Å²) in [7, 11) is 0. The maximum absolute atomic E-state index is 9.48. The molecule has 1 saturated heterocycles. The minimum Gasteiger partial charge on any atom is -0.393 e. The third kappa shape index (κ3) is 2.22. The van der Waals surface area contributed by atoms with E-state index in [4.69, 9.17) is 11.6 Å². The molecular formula is C11H12ClN3OS. The number of nitrogens with zero attached hydrogens (tertiary/aromatic N) is 3. The van der Waals surface area contributed by atoms with Crippen molar-refractivity contribution in [3.63, 3.8) is 0 Å². The van der Waals surface area contributed by atoms with Crippen LogP contribution in [0.25, 0.3) is 10.2 Å². The molecule has 2 aromatic rings. The Hall–Kier alpha value is -0.910. The minimum absolute atomic E-state index is 0.156. The number of piperidine rings is 1. The Balaban J connectivity index is 1.90. The first-order valence-corrected chi connectivity index (χ1v) is 6.77. The molecule has 0 radical (unpaired) electrons. The standard InChI is InChI=1S/C11H12ClN3OS/c12-10-5-8-9(6-13-10)17-11(14-8)15-3-1-7(16)2-4-15/h5-7,16H,1-4H2. The molecule has 3 heterocycles. The third-order valence-electron chi connectivity index (χ3n) is 2.97. The van der Waals surface area contributed by atoms with Gasteiger partial charge >= 0.3 is 0 Å². The van der Waals surface area contributed by atoms with Crippen molar-refractivity contribution in [3.05, 3.63) is 17.4 Å². The van der Waals surface area contributed by atoms with Crippen molar-refractivity contribution in [2.75, 3.05) is 18.0 Å². The van der Waals surface area contributed by atoms with Crippen molar-refractivity contribution in [1.82, 2.24) is 9.97 Å². The third-order valence-corrected chi connectivity index (χ3v) is 4.24. The fourth-order valence-corrected chi connectivity index (χ4v) is 3.11. The highest BCUT2D eigenvalue weighted by Crippen LogP contribution is 2.30. The van der Waals surface area contributed by atoms with Crippen LogP contribution in [-0.4, -0.2) is 34.3 Å². The van der Waals surface area contributed by atoms with Gasteiger partial charge in [-0.2, -0.15) is 0 Å². The number of thiazole rings is 1. The molecule has 0 amide bonds. The Morgan fingerprint density at radius 1 is 1.41 bits per heavy atom. The number of aliphatic hydroxyl groups is 1. The molecule has 3 rings (SSSR count). The molecule has 1 fully saturated rings. The van der Waals surface area contributed by atoms with E-state index < -0.39 is 0 Å². The van der Waals surface area contributed by atoms with E-state index in [1.165, 1.54) is 0 Å². The summed E-state index contributed by atoms with van der Waals surface area (Å²) in [6, 6.07) is 1.79. The lowest BCUT2D eigenvalue weighted by Crippen LogP contribution is -2.35. The van der Waals surface area contributed by atoms with Crippen LogP contribution in [0.4, 0.5) is 5.13 Å². The molecule has 17 heavy (non-hydrogen) atoms. The second-order valence-corrected chi connectivity index (χ2v) is 5.59. The first-order valence-electron chi connectivity index (χ1n) is 5.57. The van der Waals surface area contributed by atoms with E-state index in [0.717, 1.165) is 41.3 Å². The number of rotatable bonds is 1. The van der Waals surface area contributed by atoms with Crippen molar-refractivity contribution >= 4 is 38.3 Å². The van der Waals surface area contributed by atoms with E-state index in [0.29, 0.717) is 5.15 Å². The Kier molecular flexibility index (Phi) is 2.90. The second-order valence-electron chi connectivity index (χ2n) is 4.19. The van der Waals surface area contributed by atoms with E-state index >= 15 is 0 Å². The van der Waals surface area contributed by atoms with Gasteiger partial charge in [-0.1, -0.05) is 22.9 Å². The van der Waals surface area contributed by atoms with Crippen molar-refractivity contribution < 1.29 is 5.11 Å². The summed E-state index contributed by atoms with van der Waals surface area (Å²) >= 11 is 7.47. The van der Waals surface area contributed by atoms with Crippen LogP contribution in [0, 0.1) is 0 Å². The van der Waals surface area contributed by atoms with E-state index in [1.807, 2.05) is 0 Å². The molecule has 0 atom stereocenters. The zero-order valence-corrected chi connectivity index (χ0v) is 10.7. The fourth-order valence-electron chi connectivity index (χ4n) is 1.99. The lowest BCUT2D eigenvalue weighted by atomic mass is 10.1. The highest BCUT2D eigenvalue weighted by atomic mass is 35.5. The predicted molar refractivity (Wildman–Crippen MR) is 69.9 cm³/mol. The molecule has 4 nitrogen and oxygen atoms in total. The number of pyridine rings is 1. The zero-order valence-electron chi connectivity index (χ0n) is 9.14. The fraction of sp³-hybridized carbons (Fsp3) is 0.455. The molecule has 2 aromatic heterocycles. The summed E-state index contributed by atoms with van der Waals surface area (Å²) in [6.07, 6.45) is 3.23. The van der Waals surface area contributed by atoms with Gasteiger partial charge in [0.15, 0.2) is 5.13 Å². The Labute approximate surface area is 108 Å². The van der Waals surface area contributed by atoms with Gasteiger partial charge in [0.05, 0.1) is 16.3 Å². The number of aromatic nitrogens is 2. The molecule has 0 saturated carbocycles. The molecule has 6 heteroatoms. The molecule has 1 N–H and O–H groups in total. The van der Waals surface area contributed by atoms with Gasteiger partial charge in [0.2, 0.25) is 0 Å². The van der Waals surface area contributed by atoms with Gasteiger partial charge in [0, 0.05) is 25.4 Å². The highest BCUT2D eigenvalue weighted by molar-refractivity contribution is 7.22. The molecule has 0 spiro atoms. The van der Waals surface area contributed by atoms with Crippen LogP contribution in [0.2, 0.25) is 5.15 Å². The summed E-state index contributed by atoms with van der Waals surface area (Å²) in [6.45, 7) is 1.73. The monoisotopic (exact) mass is 269 g/mol. The van der Waals surface area contributed by atoms with Gasteiger partial charge in [-0.3, -0.25) is 0 Å². The maximum atomic E-state index is 9.48. The second kappa shape index (κ2) is 4.40.